The van der Waals surface area contributed by atoms with Gasteiger partial charge in [0.05, 0.1) is 11.4 Å². The normalized spacial score (nSPS) is 15.3. The molecule has 11 heteroatoms. The fourth-order valence-corrected chi connectivity index (χ4v) is 5.78. The molecule has 2 amide bonds. The highest BCUT2D eigenvalue weighted by Crippen LogP contribution is 2.37. The Labute approximate surface area is 218 Å². The van der Waals surface area contributed by atoms with Crippen molar-refractivity contribution in [1.82, 2.24) is 4.90 Å². The Morgan fingerprint density at radius 3 is 2.32 bits per heavy atom. The van der Waals surface area contributed by atoms with Gasteiger partial charge in [-0.15, -0.1) is 0 Å². The molecule has 0 bridgehead atoms. The summed E-state index contributed by atoms with van der Waals surface area (Å²) >= 11 is 16.4. The van der Waals surface area contributed by atoms with Gasteiger partial charge in [-0.25, -0.2) is 0 Å². The molecule has 1 saturated heterocycles. The van der Waals surface area contributed by atoms with Gasteiger partial charge in [-0.2, -0.15) is 8.42 Å². The highest BCUT2D eigenvalue weighted by molar-refractivity contribution is 9.10. The van der Waals surface area contributed by atoms with Crippen LogP contribution in [-0.4, -0.2) is 24.5 Å². The standard InChI is InChI=1S/C23H14BrCl2NO5S2/c24-15-9-10-20(32-34(30,31)16-5-2-1-3-6-16)14(11-15)12-21-22(28)27(23(29)33-21)13-17-18(25)7-4-8-19(17)26/h1-12H,13H2/b21-12-. The number of carbonyl (C=O) groups excluding carboxylic acids is 2. The fraction of sp³-hybridized carbons (Fsp3) is 0.0435. The Morgan fingerprint density at radius 1 is 0.971 bits per heavy atom. The highest BCUT2D eigenvalue weighted by Gasteiger charge is 2.36. The second-order valence-corrected chi connectivity index (χ2v) is 11.3. The third-order valence-electron chi connectivity index (χ3n) is 4.74. The van der Waals surface area contributed by atoms with Crippen LogP contribution in [-0.2, 0) is 21.5 Å². The van der Waals surface area contributed by atoms with Crippen LogP contribution >= 0.6 is 50.9 Å². The number of amides is 2. The zero-order valence-electron chi connectivity index (χ0n) is 17.1. The summed E-state index contributed by atoms with van der Waals surface area (Å²) < 4.78 is 31.4. The maximum absolute atomic E-state index is 13.0. The van der Waals surface area contributed by atoms with Crippen LogP contribution in [0.2, 0.25) is 10.0 Å². The minimum Gasteiger partial charge on any atom is -0.378 e. The van der Waals surface area contributed by atoms with E-state index in [0.29, 0.717) is 25.6 Å². The van der Waals surface area contributed by atoms with Crippen molar-refractivity contribution < 1.29 is 22.2 Å². The number of rotatable bonds is 6. The second-order valence-electron chi connectivity index (χ2n) is 7.00. The molecule has 1 aliphatic heterocycles. The molecule has 3 aromatic rings. The first-order valence-corrected chi connectivity index (χ1v) is 13.4. The van der Waals surface area contributed by atoms with Gasteiger partial charge in [0.1, 0.15) is 10.6 Å². The van der Waals surface area contributed by atoms with Crippen molar-refractivity contribution in [3.63, 3.8) is 0 Å². The van der Waals surface area contributed by atoms with Crippen LogP contribution in [0.4, 0.5) is 4.79 Å². The number of hydrogen-bond acceptors (Lipinski definition) is 6. The van der Waals surface area contributed by atoms with E-state index in [4.69, 9.17) is 27.4 Å². The Kier molecular flexibility index (Phi) is 7.39. The fourth-order valence-electron chi connectivity index (χ4n) is 3.08. The molecule has 34 heavy (non-hydrogen) atoms. The molecule has 0 spiro atoms. The number of nitrogens with zero attached hydrogens (tertiary/aromatic N) is 1. The topological polar surface area (TPSA) is 80.8 Å². The van der Waals surface area contributed by atoms with Crippen LogP contribution in [0.1, 0.15) is 11.1 Å². The number of hydrogen-bond donors (Lipinski definition) is 0. The van der Waals surface area contributed by atoms with Gasteiger partial charge in [0.15, 0.2) is 0 Å². The molecular weight excluding hydrogens is 585 g/mol. The van der Waals surface area contributed by atoms with Gasteiger partial charge in [0.25, 0.3) is 11.1 Å². The van der Waals surface area contributed by atoms with Crippen molar-refractivity contribution in [2.24, 2.45) is 0 Å². The second kappa shape index (κ2) is 10.1. The minimum atomic E-state index is -4.11. The van der Waals surface area contributed by atoms with Crippen molar-refractivity contribution in [3.8, 4) is 5.75 Å². The average Bonchev–Trinajstić information content (AvgIpc) is 3.06. The van der Waals surface area contributed by atoms with E-state index < -0.39 is 21.3 Å². The lowest BCUT2D eigenvalue weighted by Crippen LogP contribution is -2.27. The summed E-state index contributed by atoms with van der Waals surface area (Å²) in [6.07, 6.45) is 1.42. The number of imide groups is 1. The maximum Gasteiger partial charge on any atom is 0.339 e. The maximum atomic E-state index is 13.0. The number of carbonyl (C=O) groups is 2. The molecule has 1 fully saturated rings. The van der Waals surface area contributed by atoms with E-state index in [-0.39, 0.29) is 22.1 Å². The smallest absolute Gasteiger partial charge is 0.339 e. The summed E-state index contributed by atoms with van der Waals surface area (Å²) in [4.78, 5) is 26.7. The molecule has 0 radical (unpaired) electrons. The Hall–Kier alpha value is -2.30. The molecule has 0 unspecified atom stereocenters. The van der Waals surface area contributed by atoms with Crippen molar-refractivity contribution in [1.29, 1.82) is 0 Å². The molecular formula is C23H14BrCl2NO5S2. The molecule has 4 rings (SSSR count). The van der Waals surface area contributed by atoms with E-state index in [0.717, 1.165) is 16.7 Å². The van der Waals surface area contributed by atoms with E-state index in [2.05, 4.69) is 15.9 Å². The van der Waals surface area contributed by atoms with Gasteiger partial charge in [0.2, 0.25) is 0 Å². The lowest BCUT2D eigenvalue weighted by Gasteiger charge is -2.14. The van der Waals surface area contributed by atoms with Crippen LogP contribution in [0, 0.1) is 0 Å². The van der Waals surface area contributed by atoms with Gasteiger partial charge in [-0.3, -0.25) is 14.5 Å². The Morgan fingerprint density at radius 2 is 1.65 bits per heavy atom. The van der Waals surface area contributed by atoms with Gasteiger partial charge < -0.3 is 4.18 Å². The van der Waals surface area contributed by atoms with E-state index in [1.165, 1.54) is 24.3 Å². The zero-order chi connectivity index (χ0) is 24.5. The van der Waals surface area contributed by atoms with Crippen molar-refractivity contribution in [2.45, 2.75) is 11.4 Å². The largest absolute Gasteiger partial charge is 0.378 e. The molecule has 1 heterocycles. The van der Waals surface area contributed by atoms with Gasteiger partial charge in [-0.1, -0.05) is 63.4 Å². The number of benzene rings is 3. The predicted molar refractivity (Wildman–Crippen MR) is 136 cm³/mol. The van der Waals surface area contributed by atoms with Crippen molar-refractivity contribution in [2.75, 3.05) is 0 Å². The van der Waals surface area contributed by atoms with Gasteiger partial charge in [0, 0.05) is 25.6 Å². The SMILES string of the molecule is O=C1S/C(=C\c2cc(Br)ccc2OS(=O)(=O)c2ccccc2)C(=O)N1Cc1c(Cl)cccc1Cl. The highest BCUT2D eigenvalue weighted by atomic mass is 79.9. The van der Waals surface area contributed by atoms with Crippen molar-refractivity contribution in [3.05, 3.63) is 97.3 Å². The molecule has 0 aliphatic carbocycles. The first kappa shape index (κ1) is 24.8. The summed E-state index contributed by atoms with van der Waals surface area (Å²) in [6, 6.07) is 17.3. The van der Waals surface area contributed by atoms with E-state index >= 15 is 0 Å². The van der Waals surface area contributed by atoms with E-state index in [1.807, 2.05) is 0 Å². The quantitative estimate of drug-likeness (QED) is 0.230. The third kappa shape index (κ3) is 5.34. The molecule has 0 atom stereocenters. The summed E-state index contributed by atoms with van der Waals surface area (Å²) in [7, 11) is -4.11. The molecule has 174 valence electrons. The third-order valence-corrected chi connectivity index (χ3v) is 8.10. The lowest BCUT2D eigenvalue weighted by atomic mass is 10.1. The predicted octanol–water partition coefficient (Wildman–Crippen LogP) is 6.76. The van der Waals surface area contributed by atoms with Gasteiger partial charge in [-0.05, 0) is 60.3 Å². The van der Waals surface area contributed by atoms with Crippen LogP contribution in [0.15, 0.2) is 81.0 Å². The average molecular weight is 599 g/mol. The Balaban J connectivity index is 1.65. The molecule has 1 aliphatic rings. The molecule has 6 nitrogen and oxygen atoms in total. The molecule has 3 aromatic carbocycles. The number of halogens is 3. The van der Waals surface area contributed by atoms with Crippen LogP contribution in [0.25, 0.3) is 6.08 Å². The van der Waals surface area contributed by atoms with Crippen LogP contribution in [0.3, 0.4) is 0 Å². The van der Waals surface area contributed by atoms with Crippen LogP contribution < -0.4 is 4.18 Å². The van der Waals surface area contributed by atoms with Gasteiger partial charge >= 0.3 is 10.1 Å². The first-order chi connectivity index (χ1) is 16.2. The Bertz CT molecular complexity index is 1410. The van der Waals surface area contributed by atoms with E-state index in [9.17, 15) is 18.0 Å². The molecule has 0 saturated carbocycles. The minimum absolute atomic E-state index is 0.00741. The lowest BCUT2D eigenvalue weighted by molar-refractivity contribution is -0.123. The van der Waals surface area contributed by atoms with Crippen molar-refractivity contribution >= 4 is 78.2 Å². The summed E-state index contributed by atoms with van der Waals surface area (Å²) in [5, 5.41) is 0.176. The molecule has 0 N–H and O–H groups in total. The molecule has 0 aromatic heterocycles. The van der Waals surface area contributed by atoms with Crippen LogP contribution in [0.5, 0.6) is 5.75 Å². The summed E-state index contributed by atoms with van der Waals surface area (Å²) in [5.41, 5.74) is 0.755. The number of thioether (sulfide) groups is 1. The monoisotopic (exact) mass is 597 g/mol. The summed E-state index contributed by atoms with van der Waals surface area (Å²) in [6.45, 7) is -0.0925. The first-order valence-electron chi connectivity index (χ1n) is 9.63. The summed E-state index contributed by atoms with van der Waals surface area (Å²) in [5.74, 6) is -0.546. The zero-order valence-corrected chi connectivity index (χ0v) is 21.8. The van der Waals surface area contributed by atoms with E-state index in [1.54, 1.807) is 48.5 Å².